The number of ether oxygens (including phenoxy) is 3. The Bertz CT molecular complexity index is 1170. The quantitative estimate of drug-likeness (QED) is 0.398. The maximum atomic E-state index is 13.7. The highest BCUT2D eigenvalue weighted by atomic mass is 32.1. The van der Waals surface area contributed by atoms with Gasteiger partial charge in [-0.1, -0.05) is 0 Å². The second kappa shape index (κ2) is 9.32. The van der Waals surface area contributed by atoms with E-state index in [1.54, 1.807) is 38.7 Å². The molecule has 4 rings (SSSR count). The lowest BCUT2D eigenvalue weighted by molar-refractivity contribution is 0.323. The fourth-order valence-corrected chi connectivity index (χ4v) is 4.19. The highest BCUT2D eigenvalue weighted by molar-refractivity contribution is 7.08. The summed E-state index contributed by atoms with van der Waals surface area (Å²) in [6.07, 6.45) is 0. The van der Waals surface area contributed by atoms with Gasteiger partial charge in [-0.3, -0.25) is 0 Å². The molecule has 0 aliphatic rings. The van der Waals surface area contributed by atoms with Crippen LogP contribution in [0.2, 0.25) is 0 Å². The Kier molecular flexibility index (Phi) is 6.34. The Morgan fingerprint density at radius 3 is 2.35 bits per heavy atom. The molecule has 0 amide bonds. The summed E-state index contributed by atoms with van der Waals surface area (Å²) in [7, 11) is 4.79. The number of hydrogen-bond acceptors (Lipinski definition) is 6. The average molecular weight is 439 g/mol. The van der Waals surface area contributed by atoms with E-state index in [1.165, 1.54) is 12.1 Å². The molecule has 7 heteroatoms. The first-order valence-corrected chi connectivity index (χ1v) is 10.7. The first-order valence-electron chi connectivity index (χ1n) is 9.74. The number of aromatic nitrogens is 1. The van der Waals surface area contributed by atoms with Crippen LogP contribution in [0.15, 0.2) is 53.2 Å². The topological polar surface area (TPSA) is 52.6 Å². The van der Waals surface area contributed by atoms with Gasteiger partial charge in [0, 0.05) is 35.5 Å². The standard InChI is InChI=1S/C24H23FN2O3S/c1-28-21-8-15(9-22(29-2)24(21)30-3)12-26-13-18-10-16-4-5-19(25)11-20(16)27-23(18)17-6-7-31-14-17/h4-11,14,26H,12-13H2,1-3H3. The average Bonchev–Trinajstić information content (AvgIpc) is 3.32. The van der Waals surface area contributed by atoms with Crippen LogP contribution in [0.5, 0.6) is 17.2 Å². The molecule has 0 atom stereocenters. The number of halogens is 1. The number of hydrogen-bond donors (Lipinski definition) is 1. The number of nitrogens with one attached hydrogen (secondary N) is 1. The minimum Gasteiger partial charge on any atom is -0.493 e. The van der Waals surface area contributed by atoms with Gasteiger partial charge in [-0.25, -0.2) is 9.37 Å². The molecule has 0 aliphatic carbocycles. The van der Waals surface area contributed by atoms with Crippen LogP contribution in [0.25, 0.3) is 22.2 Å². The van der Waals surface area contributed by atoms with Crippen LogP contribution in [0.1, 0.15) is 11.1 Å². The highest BCUT2D eigenvalue weighted by Crippen LogP contribution is 2.38. The minimum atomic E-state index is -0.287. The van der Waals surface area contributed by atoms with E-state index in [1.807, 2.05) is 23.6 Å². The second-order valence-electron chi connectivity index (χ2n) is 6.98. The molecule has 0 spiro atoms. The molecule has 0 saturated heterocycles. The Labute approximate surface area is 184 Å². The molecule has 1 N–H and O–H groups in total. The van der Waals surface area contributed by atoms with Gasteiger partial charge in [0.2, 0.25) is 5.75 Å². The Morgan fingerprint density at radius 2 is 1.71 bits per heavy atom. The normalized spacial score (nSPS) is 11.0. The van der Waals surface area contributed by atoms with E-state index in [2.05, 4.69) is 16.8 Å². The summed E-state index contributed by atoms with van der Waals surface area (Å²) in [4.78, 5) is 4.75. The first-order chi connectivity index (χ1) is 15.1. The van der Waals surface area contributed by atoms with E-state index in [4.69, 9.17) is 19.2 Å². The molecular weight excluding hydrogens is 415 g/mol. The van der Waals surface area contributed by atoms with Gasteiger partial charge in [0.05, 0.1) is 32.5 Å². The number of rotatable bonds is 8. The number of benzene rings is 2. The molecule has 0 bridgehead atoms. The maximum absolute atomic E-state index is 13.7. The van der Waals surface area contributed by atoms with Crippen LogP contribution in [0.4, 0.5) is 4.39 Å². The predicted molar refractivity (Wildman–Crippen MR) is 122 cm³/mol. The van der Waals surface area contributed by atoms with Crippen LogP contribution < -0.4 is 19.5 Å². The Balaban J connectivity index is 1.61. The smallest absolute Gasteiger partial charge is 0.203 e. The van der Waals surface area contributed by atoms with E-state index in [9.17, 15) is 4.39 Å². The van der Waals surface area contributed by atoms with Crippen molar-refractivity contribution >= 4 is 22.2 Å². The van der Waals surface area contributed by atoms with Gasteiger partial charge in [-0.05, 0) is 52.9 Å². The van der Waals surface area contributed by atoms with E-state index in [0.29, 0.717) is 35.9 Å². The van der Waals surface area contributed by atoms with Crippen molar-refractivity contribution in [2.45, 2.75) is 13.1 Å². The Morgan fingerprint density at radius 1 is 0.935 bits per heavy atom. The minimum absolute atomic E-state index is 0.287. The molecule has 0 unspecified atom stereocenters. The van der Waals surface area contributed by atoms with Crippen molar-refractivity contribution < 1.29 is 18.6 Å². The molecule has 5 nitrogen and oxygen atoms in total. The van der Waals surface area contributed by atoms with Gasteiger partial charge in [-0.2, -0.15) is 11.3 Å². The van der Waals surface area contributed by atoms with Crippen LogP contribution >= 0.6 is 11.3 Å². The van der Waals surface area contributed by atoms with Gasteiger partial charge < -0.3 is 19.5 Å². The SMILES string of the molecule is COc1cc(CNCc2cc3ccc(F)cc3nc2-c2ccsc2)cc(OC)c1OC. The van der Waals surface area contributed by atoms with Crippen LogP contribution in [-0.4, -0.2) is 26.3 Å². The molecule has 160 valence electrons. The fourth-order valence-electron chi connectivity index (χ4n) is 3.55. The van der Waals surface area contributed by atoms with E-state index in [0.717, 1.165) is 27.8 Å². The van der Waals surface area contributed by atoms with Crippen molar-refractivity contribution in [1.29, 1.82) is 0 Å². The van der Waals surface area contributed by atoms with Crippen molar-refractivity contribution in [3.63, 3.8) is 0 Å². The predicted octanol–water partition coefficient (Wildman–Crippen LogP) is 5.42. The molecule has 0 radical (unpaired) electrons. The molecule has 2 heterocycles. The van der Waals surface area contributed by atoms with Crippen LogP contribution in [0.3, 0.4) is 0 Å². The summed E-state index contributed by atoms with van der Waals surface area (Å²) < 4.78 is 30.0. The molecule has 2 aromatic carbocycles. The van der Waals surface area contributed by atoms with Gasteiger partial charge in [-0.15, -0.1) is 0 Å². The van der Waals surface area contributed by atoms with Crippen molar-refractivity contribution in [3.8, 4) is 28.5 Å². The number of fused-ring (bicyclic) bond motifs is 1. The van der Waals surface area contributed by atoms with Crippen molar-refractivity contribution in [3.05, 3.63) is 70.2 Å². The van der Waals surface area contributed by atoms with Gasteiger partial charge in [0.15, 0.2) is 11.5 Å². The van der Waals surface area contributed by atoms with E-state index < -0.39 is 0 Å². The zero-order valence-electron chi connectivity index (χ0n) is 17.6. The van der Waals surface area contributed by atoms with Crippen molar-refractivity contribution in [2.75, 3.05) is 21.3 Å². The lowest BCUT2D eigenvalue weighted by atomic mass is 10.0. The molecular formula is C24H23FN2O3S. The number of pyridine rings is 1. The summed E-state index contributed by atoms with van der Waals surface area (Å²) in [6, 6.07) is 12.6. The lowest BCUT2D eigenvalue weighted by Crippen LogP contribution is -2.14. The van der Waals surface area contributed by atoms with Crippen LogP contribution in [0, 0.1) is 5.82 Å². The summed E-state index contributed by atoms with van der Waals surface area (Å²) in [5.74, 6) is 1.52. The van der Waals surface area contributed by atoms with E-state index >= 15 is 0 Å². The monoisotopic (exact) mass is 438 g/mol. The highest BCUT2D eigenvalue weighted by Gasteiger charge is 2.14. The Hall–Kier alpha value is -3.16. The maximum Gasteiger partial charge on any atom is 0.203 e. The second-order valence-corrected chi connectivity index (χ2v) is 7.76. The lowest BCUT2D eigenvalue weighted by Gasteiger charge is -2.15. The third-order valence-corrected chi connectivity index (χ3v) is 5.71. The third-order valence-electron chi connectivity index (χ3n) is 5.02. The number of methoxy groups -OCH3 is 3. The molecule has 31 heavy (non-hydrogen) atoms. The largest absolute Gasteiger partial charge is 0.493 e. The van der Waals surface area contributed by atoms with E-state index in [-0.39, 0.29) is 5.82 Å². The van der Waals surface area contributed by atoms with Gasteiger partial charge in [0.1, 0.15) is 5.82 Å². The molecule has 2 aromatic heterocycles. The van der Waals surface area contributed by atoms with Gasteiger partial charge >= 0.3 is 0 Å². The molecule has 4 aromatic rings. The third kappa shape index (κ3) is 4.47. The zero-order chi connectivity index (χ0) is 21.8. The first kappa shape index (κ1) is 21.1. The summed E-state index contributed by atoms with van der Waals surface area (Å²) >= 11 is 1.61. The molecule has 0 saturated carbocycles. The van der Waals surface area contributed by atoms with Crippen LogP contribution in [-0.2, 0) is 13.1 Å². The van der Waals surface area contributed by atoms with Crippen molar-refractivity contribution in [1.82, 2.24) is 10.3 Å². The van der Waals surface area contributed by atoms with Gasteiger partial charge in [0.25, 0.3) is 0 Å². The number of nitrogens with zero attached hydrogens (tertiary/aromatic N) is 1. The molecule has 0 aliphatic heterocycles. The fraction of sp³-hybridized carbons (Fsp3) is 0.208. The molecule has 0 fully saturated rings. The summed E-state index contributed by atoms with van der Waals surface area (Å²) in [5, 5.41) is 8.45. The summed E-state index contributed by atoms with van der Waals surface area (Å²) in [5.41, 5.74) is 4.58. The zero-order valence-corrected chi connectivity index (χ0v) is 18.4. The number of thiophene rings is 1. The summed E-state index contributed by atoms with van der Waals surface area (Å²) in [6.45, 7) is 1.20. The van der Waals surface area contributed by atoms with Crippen molar-refractivity contribution in [2.24, 2.45) is 0 Å².